The van der Waals surface area contributed by atoms with E-state index in [0.717, 1.165) is 20.6 Å². The summed E-state index contributed by atoms with van der Waals surface area (Å²) in [5.41, 5.74) is 0.822. The van der Waals surface area contributed by atoms with Gasteiger partial charge in [-0.15, -0.1) is 21.5 Å². The highest BCUT2D eigenvalue weighted by Gasteiger charge is 2.39. The Bertz CT molecular complexity index is 911. The Morgan fingerprint density at radius 2 is 2.08 bits per heavy atom. The molecule has 9 heteroatoms. The van der Waals surface area contributed by atoms with Crippen LogP contribution >= 0.6 is 45.7 Å². The van der Waals surface area contributed by atoms with Crippen LogP contribution in [0.1, 0.15) is 28.4 Å². The number of thioether (sulfide) groups is 1. The number of carbonyl (C=O) groups excluding carboxylic acids is 1. The van der Waals surface area contributed by atoms with Crippen molar-refractivity contribution in [1.29, 1.82) is 5.41 Å². The van der Waals surface area contributed by atoms with E-state index in [1.54, 1.807) is 20.3 Å². The first-order valence-corrected chi connectivity index (χ1v) is 10.5. The third-order valence-electron chi connectivity index (χ3n) is 3.77. The summed E-state index contributed by atoms with van der Waals surface area (Å²) in [7, 11) is 3.17. The maximum Gasteiger partial charge on any atom is 0.186 e. The summed E-state index contributed by atoms with van der Waals surface area (Å²) in [6.45, 7) is 1.99. The molecule has 1 aliphatic rings. The highest BCUT2D eigenvalue weighted by Crippen LogP contribution is 2.42. The largest absolute Gasteiger partial charge is 0.493 e. The second-order valence-electron chi connectivity index (χ2n) is 5.40. The Morgan fingerprint density at radius 3 is 2.69 bits per heavy atom. The van der Waals surface area contributed by atoms with E-state index in [2.05, 4.69) is 32.8 Å². The number of Topliss-reactive ketones (excluding diaryl/α,β-unsaturated/α-hetero) is 1. The second-order valence-corrected chi connectivity index (χ2v) is 8.74. The zero-order chi connectivity index (χ0) is 18.8. The normalized spacial score (nSPS) is 18.6. The van der Waals surface area contributed by atoms with Crippen LogP contribution in [0.25, 0.3) is 6.08 Å². The molecule has 6 nitrogen and oxygen atoms in total. The van der Waals surface area contributed by atoms with Crippen LogP contribution in [0.15, 0.2) is 17.0 Å². The lowest BCUT2D eigenvalue weighted by Gasteiger charge is -2.10. The van der Waals surface area contributed by atoms with Gasteiger partial charge >= 0.3 is 0 Å². The number of hydrogen-bond acceptors (Lipinski definition) is 8. The first-order valence-electron chi connectivity index (χ1n) is 7.74. The average molecular weight is 501 g/mol. The number of aryl methyl sites for hydroxylation is 1. The summed E-state index contributed by atoms with van der Waals surface area (Å²) in [4.78, 5) is 13.4. The Morgan fingerprint density at radius 1 is 1.31 bits per heavy atom. The van der Waals surface area contributed by atoms with Crippen LogP contribution in [0.2, 0.25) is 0 Å². The first-order chi connectivity index (χ1) is 12.5. The Balaban J connectivity index is 1.94. The minimum absolute atomic E-state index is 0.108. The maximum atomic E-state index is 12.8. The van der Waals surface area contributed by atoms with Crippen molar-refractivity contribution in [3.05, 3.63) is 36.2 Å². The molecule has 0 spiro atoms. The van der Waals surface area contributed by atoms with Crippen molar-refractivity contribution in [2.24, 2.45) is 0 Å². The van der Waals surface area contributed by atoms with Crippen molar-refractivity contribution in [1.82, 2.24) is 10.2 Å². The molecule has 0 radical (unpaired) electrons. The molecule has 0 bridgehead atoms. The third kappa shape index (κ3) is 3.65. The number of aromatic nitrogens is 2. The number of ether oxygens (including phenoxy) is 2. The summed E-state index contributed by atoms with van der Waals surface area (Å²) in [5, 5.41) is 18.1. The molecule has 136 valence electrons. The molecule has 0 aliphatic carbocycles. The van der Waals surface area contributed by atoms with Crippen molar-refractivity contribution in [2.75, 3.05) is 14.2 Å². The molecule has 1 aliphatic heterocycles. The first kappa shape index (κ1) is 19.3. The van der Waals surface area contributed by atoms with Gasteiger partial charge in [-0.2, -0.15) is 0 Å². The number of halogens is 1. The number of nitrogens with zero attached hydrogens (tertiary/aromatic N) is 2. The highest BCUT2D eigenvalue weighted by molar-refractivity contribution is 14.1. The minimum atomic E-state index is -0.636. The Hall–Kier alpha value is -1.46. The van der Waals surface area contributed by atoms with Crippen molar-refractivity contribution in [2.45, 2.75) is 19.3 Å². The zero-order valence-corrected chi connectivity index (χ0v) is 18.1. The van der Waals surface area contributed by atoms with Crippen molar-refractivity contribution >= 4 is 62.6 Å². The molecule has 1 N–H and O–H groups in total. The highest BCUT2D eigenvalue weighted by atomic mass is 127. The molecule has 2 heterocycles. The van der Waals surface area contributed by atoms with Crippen LogP contribution < -0.4 is 9.47 Å². The molecular weight excluding hydrogens is 485 g/mol. The molecule has 1 atom stereocenters. The summed E-state index contributed by atoms with van der Waals surface area (Å²) in [5.74, 6) is 0.518. The van der Waals surface area contributed by atoms with Crippen LogP contribution in [0, 0.1) is 8.98 Å². The average Bonchev–Trinajstić information content (AvgIpc) is 3.19. The number of carbonyl (C=O) groups is 1. The van der Waals surface area contributed by atoms with Gasteiger partial charge in [0.2, 0.25) is 0 Å². The predicted molar refractivity (Wildman–Crippen MR) is 113 cm³/mol. The SMILES string of the molecule is CCc1nnc([C@@H]2C(=N)S/C(=C\c3cc(I)c(OC)c(OC)c3)C2=O)s1. The quantitative estimate of drug-likeness (QED) is 0.490. The standard InChI is InChI=1S/C17H16IN3O3S2/c1-4-12-20-21-17(26-12)13-14(22)11(25-16(13)19)7-8-5-9(18)15(24-3)10(6-8)23-2/h5-7,13,19H,4H2,1-3H3/b11-7-,19-16?/t13-/m0/s1. The van der Waals surface area contributed by atoms with Crippen molar-refractivity contribution < 1.29 is 14.3 Å². The molecule has 1 fully saturated rings. The number of allylic oxidation sites excluding steroid dienone is 1. The maximum absolute atomic E-state index is 12.8. The van der Waals surface area contributed by atoms with Gasteiger partial charge in [0.15, 0.2) is 17.3 Å². The Kier molecular flexibility index (Phi) is 5.98. The molecule has 1 aromatic heterocycles. The second kappa shape index (κ2) is 8.05. The number of nitrogens with one attached hydrogen (secondary N) is 1. The van der Waals surface area contributed by atoms with E-state index in [4.69, 9.17) is 14.9 Å². The minimum Gasteiger partial charge on any atom is -0.493 e. The van der Waals surface area contributed by atoms with E-state index in [1.165, 1.54) is 23.1 Å². The van der Waals surface area contributed by atoms with Gasteiger partial charge in [-0.05, 0) is 52.8 Å². The zero-order valence-electron chi connectivity index (χ0n) is 14.3. The smallest absolute Gasteiger partial charge is 0.186 e. The van der Waals surface area contributed by atoms with Gasteiger partial charge in [-0.1, -0.05) is 18.7 Å². The number of rotatable bonds is 5. The molecule has 0 unspecified atom stereocenters. The van der Waals surface area contributed by atoms with E-state index in [-0.39, 0.29) is 10.8 Å². The monoisotopic (exact) mass is 501 g/mol. The molecule has 1 aromatic carbocycles. The van der Waals surface area contributed by atoms with Gasteiger partial charge in [-0.25, -0.2) is 0 Å². The molecule has 0 saturated carbocycles. The fourth-order valence-electron chi connectivity index (χ4n) is 2.51. The fraction of sp³-hybridized carbons (Fsp3) is 0.294. The molecular formula is C17H16IN3O3S2. The number of hydrogen-bond donors (Lipinski definition) is 1. The molecule has 1 saturated heterocycles. The van der Waals surface area contributed by atoms with E-state index < -0.39 is 5.92 Å². The van der Waals surface area contributed by atoms with Crippen LogP contribution in [0.4, 0.5) is 0 Å². The van der Waals surface area contributed by atoms with Crippen molar-refractivity contribution in [3.8, 4) is 11.5 Å². The number of ketones is 1. The summed E-state index contributed by atoms with van der Waals surface area (Å²) < 4.78 is 11.6. The molecule has 26 heavy (non-hydrogen) atoms. The lowest BCUT2D eigenvalue weighted by molar-refractivity contribution is -0.114. The molecule has 2 aromatic rings. The predicted octanol–water partition coefficient (Wildman–Crippen LogP) is 4.14. The van der Waals surface area contributed by atoms with Gasteiger partial charge in [0.25, 0.3) is 0 Å². The van der Waals surface area contributed by atoms with Crippen molar-refractivity contribution in [3.63, 3.8) is 0 Å². The van der Waals surface area contributed by atoms with Gasteiger partial charge < -0.3 is 9.47 Å². The Labute approximate surface area is 173 Å². The van der Waals surface area contributed by atoms with Crippen LogP contribution in [0.3, 0.4) is 0 Å². The topological polar surface area (TPSA) is 85.2 Å². The molecule has 0 amide bonds. The van der Waals surface area contributed by atoms with E-state index in [0.29, 0.717) is 21.4 Å². The lowest BCUT2D eigenvalue weighted by Crippen LogP contribution is -2.11. The fourth-order valence-corrected chi connectivity index (χ4v) is 5.31. The van der Waals surface area contributed by atoms with Crippen LogP contribution in [0.5, 0.6) is 11.5 Å². The van der Waals surface area contributed by atoms with Crippen LogP contribution in [-0.4, -0.2) is 35.2 Å². The van der Waals surface area contributed by atoms with Gasteiger partial charge in [0.1, 0.15) is 15.9 Å². The molecule has 3 rings (SSSR count). The number of methoxy groups -OCH3 is 2. The van der Waals surface area contributed by atoms with E-state index >= 15 is 0 Å². The van der Waals surface area contributed by atoms with Gasteiger partial charge in [0.05, 0.1) is 27.7 Å². The third-order valence-corrected chi connectivity index (χ3v) is 6.70. The summed E-state index contributed by atoms with van der Waals surface area (Å²) >= 11 is 4.74. The van der Waals surface area contributed by atoms with Gasteiger partial charge in [-0.3, -0.25) is 10.2 Å². The van der Waals surface area contributed by atoms with Crippen LogP contribution in [-0.2, 0) is 11.2 Å². The summed E-state index contributed by atoms with van der Waals surface area (Å²) in [6, 6.07) is 3.73. The van der Waals surface area contributed by atoms with Gasteiger partial charge in [0, 0.05) is 0 Å². The number of benzene rings is 1. The van der Waals surface area contributed by atoms with E-state index in [1.807, 2.05) is 19.1 Å². The van der Waals surface area contributed by atoms with E-state index in [9.17, 15) is 4.79 Å². The lowest BCUT2D eigenvalue weighted by atomic mass is 10.1. The summed E-state index contributed by atoms with van der Waals surface area (Å²) in [6.07, 6.45) is 2.55.